The van der Waals surface area contributed by atoms with Crippen LogP contribution in [-0.4, -0.2) is 94.7 Å². The number of aromatic nitrogens is 3. The molecule has 0 fully saturated rings. The summed E-state index contributed by atoms with van der Waals surface area (Å²) in [5.41, 5.74) is 2.95. The molecule has 0 unspecified atom stereocenters. The Kier molecular flexibility index (Phi) is 13.6. The van der Waals surface area contributed by atoms with E-state index in [2.05, 4.69) is 31.0 Å². The lowest BCUT2D eigenvalue weighted by Crippen LogP contribution is -2.53. The summed E-state index contributed by atoms with van der Waals surface area (Å²) in [7, 11) is 0. The van der Waals surface area contributed by atoms with Crippen LogP contribution in [-0.2, 0) is 52.5 Å². The number of nitrogens with zero attached hydrogens (tertiary/aromatic N) is 4. The molecule has 0 aliphatic heterocycles. The quantitative estimate of drug-likeness (QED) is 0.119. The number of hydrogen-bond donors (Lipinski definition) is 2. The van der Waals surface area contributed by atoms with Crippen LogP contribution in [0.15, 0.2) is 29.6 Å². The van der Waals surface area contributed by atoms with Gasteiger partial charge in [0.25, 0.3) is 5.91 Å². The van der Waals surface area contributed by atoms with E-state index in [1.54, 1.807) is 24.5 Å². The first-order chi connectivity index (χ1) is 20.3. The number of carbonyl (C=O) groups is 6. The predicted octanol–water partition coefficient (Wildman–Crippen LogP) is 0.404. The van der Waals surface area contributed by atoms with Gasteiger partial charge in [0, 0.05) is 52.6 Å². The first-order valence-corrected chi connectivity index (χ1v) is 13.3. The minimum absolute atomic E-state index is 0.280. The van der Waals surface area contributed by atoms with Crippen LogP contribution in [0.1, 0.15) is 34.6 Å². The molecule has 18 heteroatoms. The number of pyridine rings is 1. The van der Waals surface area contributed by atoms with Gasteiger partial charge in [0.05, 0.1) is 12.8 Å². The van der Waals surface area contributed by atoms with E-state index in [-0.39, 0.29) is 6.54 Å². The number of amides is 1. The Balaban J connectivity index is 2.22. The van der Waals surface area contributed by atoms with Crippen LogP contribution in [0, 0.1) is 0 Å². The van der Waals surface area contributed by atoms with Crippen molar-refractivity contribution < 1.29 is 52.5 Å². The zero-order chi connectivity index (χ0) is 31.9. The number of hydrazone groups is 1. The maximum Gasteiger partial charge on any atom is 0.303 e. The fourth-order valence-corrected chi connectivity index (χ4v) is 4.05. The SMILES string of the molecule is CC(=O)OC[C@@H](OC(C)=O)[C@@H](OC(C)=O)[C@H](OC(C)=O)[C@@H](/C=N/NC(=O)CNc1nnc(-c2cccnc2)s1)OC(C)=O. The maximum absolute atomic E-state index is 12.4. The zero-order valence-corrected chi connectivity index (χ0v) is 24.6. The minimum atomic E-state index is -1.67. The molecule has 2 aromatic heterocycles. The van der Waals surface area contributed by atoms with Crippen LogP contribution in [0.4, 0.5) is 5.13 Å². The highest BCUT2D eigenvalue weighted by atomic mass is 32.1. The molecule has 43 heavy (non-hydrogen) atoms. The second-order valence-corrected chi connectivity index (χ2v) is 9.47. The lowest BCUT2D eigenvalue weighted by molar-refractivity contribution is -0.197. The second-order valence-electron chi connectivity index (χ2n) is 8.49. The number of esters is 5. The fourth-order valence-electron chi connectivity index (χ4n) is 3.32. The summed E-state index contributed by atoms with van der Waals surface area (Å²) in [6, 6.07) is 3.55. The Morgan fingerprint density at radius 2 is 1.53 bits per heavy atom. The number of nitrogens with one attached hydrogen (secondary N) is 2. The van der Waals surface area contributed by atoms with Crippen LogP contribution in [0.5, 0.6) is 0 Å². The van der Waals surface area contributed by atoms with E-state index >= 15 is 0 Å². The van der Waals surface area contributed by atoms with E-state index in [4.69, 9.17) is 23.7 Å². The first-order valence-electron chi connectivity index (χ1n) is 12.5. The van der Waals surface area contributed by atoms with Gasteiger partial charge in [-0.15, -0.1) is 10.2 Å². The smallest absolute Gasteiger partial charge is 0.303 e. The zero-order valence-electron chi connectivity index (χ0n) is 23.8. The van der Waals surface area contributed by atoms with Gasteiger partial charge < -0.3 is 29.0 Å². The lowest BCUT2D eigenvalue weighted by atomic mass is 10.0. The molecule has 0 aliphatic carbocycles. The molecule has 0 radical (unpaired) electrons. The third kappa shape index (κ3) is 12.6. The van der Waals surface area contributed by atoms with Gasteiger partial charge in [-0.25, -0.2) is 5.43 Å². The van der Waals surface area contributed by atoms with E-state index < -0.39 is 66.8 Å². The summed E-state index contributed by atoms with van der Waals surface area (Å²) < 4.78 is 25.9. The summed E-state index contributed by atoms with van der Waals surface area (Å²) in [5.74, 6) is -4.92. The van der Waals surface area contributed by atoms with Crippen molar-refractivity contribution >= 4 is 58.4 Å². The molecular weight excluding hydrogens is 592 g/mol. The summed E-state index contributed by atoms with van der Waals surface area (Å²) in [6.07, 6.45) is -2.26. The average Bonchev–Trinajstić information content (AvgIpc) is 3.40. The van der Waals surface area contributed by atoms with Gasteiger partial charge in [0.15, 0.2) is 29.4 Å². The molecule has 0 aliphatic rings. The summed E-state index contributed by atoms with van der Waals surface area (Å²) >= 11 is 1.19. The molecule has 232 valence electrons. The van der Waals surface area contributed by atoms with Gasteiger partial charge in [-0.3, -0.25) is 33.8 Å². The molecule has 2 aromatic rings. The van der Waals surface area contributed by atoms with Crippen molar-refractivity contribution in [3.8, 4) is 10.6 Å². The van der Waals surface area contributed by atoms with Gasteiger partial charge in [-0.1, -0.05) is 11.3 Å². The summed E-state index contributed by atoms with van der Waals surface area (Å²) in [6.45, 7) is 4.33. The molecule has 4 atom stereocenters. The molecule has 0 saturated carbocycles. The highest BCUT2D eigenvalue weighted by Gasteiger charge is 2.43. The molecular formula is C25H30N6O11S. The van der Waals surface area contributed by atoms with E-state index in [1.165, 1.54) is 11.3 Å². The van der Waals surface area contributed by atoms with Gasteiger partial charge in [0.2, 0.25) is 5.13 Å². The van der Waals surface area contributed by atoms with Crippen molar-refractivity contribution in [3.05, 3.63) is 24.5 Å². The molecule has 2 N–H and O–H groups in total. The van der Waals surface area contributed by atoms with Gasteiger partial charge in [-0.05, 0) is 12.1 Å². The highest BCUT2D eigenvalue weighted by Crippen LogP contribution is 2.25. The lowest BCUT2D eigenvalue weighted by Gasteiger charge is -2.34. The van der Waals surface area contributed by atoms with Crippen LogP contribution >= 0.6 is 11.3 Å². The Morgan fingerprint density at radius 1 is 0.884 bits per heavy atom. The van der Waals surface area contributed by atoms with Crippen molar-refractivity contribution in [2.24, 2.45) is 5.10 Å². The van der Waals surface area contributed by atoms with Crippen molar-refractivity contribution in [3.63, 3.8) is 0 Å². The van der Waals surface area contributed by atoms with Crippen LogP contribution in [0.3, 0.4) is 0 Å². The molecule has 0 spiro atoms. The fraction of sp³-hybridized carbons (Fsp3) is 0.440. The van der Waals surface area contributed by atoms with Gasteiger partial charge in [-0.2, -0.15) is 5.10 Å². The van der Waals surface area contributed by atoms with E-state index in [1.807, 2.05) is 0 Å². The van der Waals surface area contributed by atoms with Crippen molar-refractivity contribution in [2.45, 2.75) is 59.0 Å². The van der Waals surface area contributed by atoms with Crippen molar-refractivity contribution in [1.29, 1.82) is 0 Å². The minimum Gasteiger partial charge on any atom is -0.462 e. The van der Waals surface area contributed by atoms with Crippen molar-refractivity contribution in [1.82, 2.24) is 20.6 Å². The Hall–Kier alpha value is -5.00. The number of carbonyl (C=O) groups excluding carboxylic acids is 6. The number of rotatable bonds is 15. The van der Waals surface area contributed by atoms with Crippen LogP contribution in [0.2, 0.25) is 0 Å². The average molecular weight is 623 g/mol. The number of ether oxygens (including phenoxy) is 5. The predicted molar refractivity (Wildman–Crippen MR) is 147 cm³/mol. The molecule has 1 amide bonds. The third-order valence-corrected chi connectivity index (χ3v) is 5.76. The Labute approximate surface area is 249 Å². The number of hydrogen-bond acceptors (Lipinski definition) is 17. The highest BCUT2D eigenvalue weighted by molar-refractivity contribution is 7.18. The topological polar surface area (TPSA) is 224 Å². The van der Waals surface area contributed by atoms with E-state index in [0.29, 0.717) is 10.1 Å². The molecule has 2 rings (SSSR count). The first kappa shape index (κ1) is 34.2. The second kappa shape index (κ2) is 17.1. The van der Waals surface area contributed by atoms with Gasteiger partial charge >= 0.3 is 29.8 Å². The normalized spacial score (nSPS) is 13.5. The third-order valence-electron chi connectivity index (χ3n) is 4.83. The summed E-state index contributed by atoms with van der Waals surface area (Å²) in [4.78, 5) is 75.5. The standard InChI is InChI=1S/C25H30N6O11S/c1-13(32)38-12-20(40-15(3)34)23(42-17(5)36)22(41-16(4)35)19(39-14(2)33)10-28-29-21(37)11-27-25-31-30-24(43-25)18-7-6-8-26-9-18/h6-10,19-20,22-23H,11-12H2,1-5H3,(H,27,31)(H,29,37)/b28-10+/t19-,20-,22-,23-/m1/s1. The van der Waals surface area contributed by atoms with Crippen LogP contribution in [0.25, 0.3) is 10.6 Å². The molecule has 17 nitrogen and oxygen atoms in total. The largest absolute Gasteiger partial charge is 0.462 e. The van der Waals surface area contributed by atoms with Gasteiger partial charge in [0.1, 0.15) is 6.61 Å². The van der Waals surface area contributed by atoms with Crippen LogP contribution < -0.4 is 10.7 Å². The summed E-state index contributed by atoms with van der Waals surface area (Å²) in [5, 5.41) is 15.5. The molecule has 0 saturated heterocycles. The monoisotopic (exact) mass is 622 g/mol. The van der Waals surface area contributed by atoms with E-state index in [0.717, 1.165) is 46.4 Å². The molecule has 0 aromatic carbocycles. The Morgan fingerprint density at radius 3 is 2.12 bits per heavy atom. The van der Waals surface area contributed by atoms with E-state index in [9.17, 15) is 28.8 Å². The van der Waals surface area contributed by atoms with Crippen molar-refractivity contribution in [2.75, 3.05) is 18.5 Å². The Bertz CT molecular complexity index is 1320. The molecule has 0 bridgehead atoms. The maximum atomic E-state index is 12.4. The number of anilines is 1. The molecule has 2 heterocycles.